The van der Waals surface area contributed by atoms with Gasteiger partial charge in [0.2, 0.25) is 0 Å². The Morgan fingerprint density at radius 2 is 2.22 bits per heavy atom. The van der Waals surface area contributed by atoms with E-state index in [1.54, 1.807) is 19.1 Å². The number of amides is 1. The van der Waals surface area contributed by atoms with Crippen LogP contribution in [0.15, 0.2) is 35.5 Å². The lowest BCUT2D eigenvalue weighted by Gasteiger charge is -2.01. The molecule has 0 aromatic heterocycles. The van der Waals surface area contributed by atoms with E-state index >= 15 is 0 Å². The zero-order valence-corrected chi connectivity index (χ0v) is 10.1. The zero-order chi connectivity index (χ0) is 13.5. The molecule has 0 atom stereocenters. The van der Waals surface area contributed by atoms with Crippen LogP contribution in [0, 0.1) is 17.0 Å². The van der Waals surface area contributed by atoms with E-state index in [1.165, 1.54) is 24.4 Å². The molecule has 1 aromatic rings. The first-order chi connectivity index (χ1) is 8.56. The number of rotatable bonds is 4. The van der Waals surface area contributed by atoms with E-state index in [2.05, 4.69) is 10.5 Å². The van der Waals surface area contributed by atoms with Crippen molar-refractivity contribution in [1.82, 2.24) is 5.43 Å². The first kappa shape index (κ1) is 13.6. The quantitative estimate of drug-likeness (QED) is 0.502. The van der Waals surface area contributed by atoms with Crippen LogP contribution < -0.4 is 5.43 Å². The van der Waals surface area contributed by atoms with Crippen molar-refractivity contribution in [2.45, 2.75) is 13.8 Å². The summed E-state index contributed by atoms with van der Waals surface area (Å²) in [4.78, 5) is 21.8. The fraction of sp³-hybridized carbons (Fsp3) is 0.167. The molecule has 0 aliphatic carbocycles. The Balaban J connectivity index is 2.82. The second-order valence-electron chi connectivity index (χ2n) is 3.50. The highest BCUT2D eigenvalue weighted by atomic mass is 16.6. The standard InChI is InChI=1S/C12H13N3O3/c1-3-4-7-13-14-12(16)10-5-6-11(15(17)18)9(2)8-10/h3-8H,1-2H3,(H,14,16)/b4-3+,13-7+. The van der Waals surface area contributed by atoms with Crippen LogP contribution in [0.4, 0.5) is 5.69 Å². The molecule has 0 heterocycles. The van der Waals surface area contributed by atoms with Crippen molar-refractivity contribution in [3.63, 3.8) is 0 Å². The molecule has 18 heavy (non-hydrogen) atoms. The van der Waals surface area contributed by atoms with Gasteiger partial charge in [-0.2, -0.15) is 5.10 Å². The van der Waals surface area contributed by atoms with Crippen LogP contribution in [0.3, 0.4) is 0 Å². The van der Waals surface area contributed by atoms with Gasteiger partial charge in [0.25, 0.3) is 11.6 Å². The van der Waals surface area contributed by atoms with Gasteiger partial charge in [-0.05, 0) is 32.1 Å². The fourth-order valence-corrected chi connectivity index (χ4v) is 1.29. The van der Waals surface area contributed by atoms with Gasteiger partial charge in [0, 0.05) is 23.4 Å². The molecule has 1 N–H and O–H groups in total. The molecule has 1 aromatic carbocycles. The fourth-order valence-electron chi connectivity index (χ4n) is 1.29. The molecule has 1 amide bonds. The minimum absolute atomic E-state index is 0.0102. The first-order valence-corrected chi connectivity index (χ1v) is 5.26. The lowest BCUT2D eigenvalue weighted by molar-refractivity contribution is -0.385. The molecule has 0 spiro atoms. The number of hydrazone groups is 1. The highest BCUT2D eigenvalue weighted by Gasteiger charge is 2.13. The molecule has 0 fully saturated rings. The van der Waals surface area contributed by atoms with E-state index in [0.717, 1.165) is 0 Å². The monoisotopic (exact) mass is 247 g/mol. The molecule has 0 saturated heterocycles. The SMILES string of the molecule is C/C=C/C=N/NC(=O)c1ccc([N+](=O)[O-])c(C)c1. The normalized spacial score (nSPS) is 11.0. The summed E-state index contributed by atoms with van der Waals surface area (Å²) in [6, 6.07) is 4.16. The highest BCUT2D eigenvalue weighted by molar-refractivity contribution is 5.95. The van der Waals surface area contributed by atoms with Crippen LogP contribution in [-0.4, -0.2) is 17.0 Å². The van der Waals surface area contributed by atoms with E-state index < -0.39 is 10.8 Å². The van der Waals surface area contributed by atoms with Gasteiger partial charge in [-0.25, -0.2) is 5.43 Å². The third-order valence-corrected chi connectivity index (χ3v) is 2.17. The number of allylic oxidation sites excluding steroid dienone is 2. The Kier molecular flexibility index (Phi) is 4.74. The number of hydrogen-bond donors (Lipinski definition) is 1. The third kappa shape index (κ3) is 3.51. The summed E-state index contributed by atoms with van der Waals surface area (Å²) in [6.07, 6.45) is 4.88. The van der Waals surface area contributed by atoms with Crippen molar-refractivity contribution in [3.05, 3.63) is 51.6 Å². The van der Waals surface area contributed by atoms with Crippen molar-refractivity contribution in [2.75, 3.05) is 0 Å². The summed E-state index contributed by atoms with van der Waals surface area (Å²) in [5.41, 5.74) is 3.07. The summed E-state index contributed by atoms with van der Waals surface area (Å²) >= 11 is 0. The summed E-state index contributed by atoms with van der Waals surface area (Å²) in [5, 5.41) is 14.3. The minimum Gasteiger partial charge on any atom is -0.267 e. The van der Waals surface area contributed by atoms with E-state index in [0.29, 0.717) is 11.1 Å². The van der Waals surface area contributed by atoms with Gasteiger partial charge >= 0.3 is 0 Å². The maximum absolute atomic E-state index is 11.6. The molecule has 0 aliphatic rings. The summed E-state index contributed by atoms with van der Waals surface area (Å²) < 4.78 is 0. The molecule has 0 radical (unpaired) electrons. The zero-order valence-electron chi connectivity index (χ0n) is 10.1. The van der Waals surface area contributed by atoms with E-state index in [-0.39, 0.29) is 5.69 Å². The number of hydrogen-bond acceptors (Lipinski definition) is 4. The van der Waals surface area contributed by atoms with Crippen LogP contribution in [0.25, 0.3) is 0 Å². The maximum atomic E-state index is 11.6. The second-order valence-corrected chi connectivity index (χ2v) is 3.50. The van der Waals surface area contributed by atoms with Gasteiger partial charge in [-0.15, -0.1) is 0 Å². The second kappa shape index (κ2) is 6.29. The Bertz CT molecular complexity index is 521. The van der Waals surface area contributed by atoms with Crippen LogP contribution in [0.1, 0.15) is 22.8 Å². The van der Waals surface area contributed by atoms with Gasteiger partial charge in [0.15, 0.2) is 0 Å². The molecule has 0 saturated carbocycles. The number of carbonyl (C=O) groups is 1. The number of nitrogens with one attached hydrogen (secondary N) is 1. The predicted octanol–water partition coefficient (Wildman–Crippen LogP) is 2.19. The Morgan fingerprint density at radius 1 is 1.50 bits per heavy atom. The van der Waals surface area contributed by atoms with Crippen molar-refractivity contribution in [2.24, 2.45) is 5.10 Å². The molecular weight excluding hydrogens is 234 g/mol. The van der Waals surface area contributed by atoms with Gasteiger partial charge in [0.1, 0.15) is 0 Å². The highest BCUT2D eigenvalue weighted by Crippen LogP contribution is 2.18. The van der Waals surface area contributed by atoms with E-state index in [9.17, 15) is 14.9 Å². The maximum Gasteiger partial charge on any atom is 0.272 e. The predicted molar refractivity (Wildman–Crippen MR) is 68.6 cm³/mol. The Hall–Kier alpha value is -2.50. The Morgan fingerprint density at radius 3 is 2.78 bits per heavy atom. The smallest absolute Gasteiger partial charge is 0.267 e. The lowest BCUT2D eigenvalue weighted by atomic mass is 10.1. The number of nitro benzene ring substituents is 1. The summed E-state index contributed by atoms with van der Waals surface area (Å²) in [5.74, 6) is -0.409. The van der Waals surface area contributed by atoms with Gasteiger partial charge in [-0.1, -0.05) is 6.08 Å². The molecule has 0 aliphatic heterocycles. The average Bonchev–Trinajstić information content (AvgIpc) is 2.33. The molecule has 6 nitrogen and oxygen atoms in total. The largest absolute Gasteiger partial charge is 0.272 e. The minimum atomic E-state index is -0.485. The molecule has 0 unspecified atom stereocenters. The third-order valence-electron chi connectivity index (χ3n) is 2.17. The molecule has 0 bridgehead atoms. The topological polar surface area (TPSA) is 84.6 Å². The van der Waals surface area contributed by atoms with Gasteiger partial charge in [0.05, 0.1) is 4.92 Å². The van der Waals surface area contributed by atoms with E-state index in [1.807, 2.05) is 6.92 Å². The number of nitro groups is 1. The number of benzene rings is 1. The van der Waals surface area contributed by atoms with Crippen LogP contribution in [-0.2, 0) is 0 Å². The molecule has 6 heteroatoms. The van der Waals surface area contributed by atoms with Gasteiger partial charge < -0.3 is 0 Å². The molecular formula is C12H13N3O3. The van der Waals surface area contributed by atoms with Gasteiger partial charge in [-0.3, -0.25) is 14.9 Å². The van der Waals surface area contributed by atoms with Crippen molar-refractivity contribution in [3.8, 4) is 0 Å². The van der Waals surface area contributed by atoms with Crippen molar-refractivity contribution in [1.29, 1.82) is 0 Å². The summed E-state index contributed by atoms with van der Waals surface area (Å²) in [6.45, 7) is 3.41. The van der Waals surface area contributed by atoms with Crippen molar-refractivity contribution < 1.29 is 9.72 Å². The first-order valence-electron chi connectivity index (χ1n) is 5.26. The Labute approximate surface area is 104 Å². The number of carbonyl (C=O) groups excluding carboxylic acids is 1. The number of aryl methyl sites for hydroxylation is 1. The van der Waals surface area contributed by atoms with Crippen LogP contribution >= 0.6 is 0 Å². The van der Waals surface area contributed by atoms with E-state index in [4.69, 9.17) is 0 Å². The van der Waals surface area contributed by atoms with Crippen LogP contribution in [0.2, 0.25) is 0 Å². The summed E-state index contributed by atoms with van der Waals surface area (Å²) in [7, 11) is 0. The lowest BCUT2D eigenvalue weighted by Crippen LogP contribution is -2.17. The number of nitrogens with zero attached hydrogens (tertiary/aromatic N) is 2. The molecule has 94 valence electrons. The average molecular weight is 247 g/mol. The molecule has 1 rings (SSSR count). The van der Waals surface area contributed by atoms with Crippen molar-refractivity contribution >= 4 is 17.8 Å². The van der Waals surface area contributed by atoms with Crippen LogP contribution in [0.5, 0.6) is 0 Å².